The lowest BCUT2D eigenvalue weighted by molar-refractivity contribution is -0.195. The maximum Gasteiger partial charge on any atom is 0.390 e. The number of hydrogen-bond acceptors (Lipinski definition) is 4. The molecule has 0 saturated heterocycles. The van der Waals surface area contributed by atoms with Gasteiger partial charge in [-0.2, -0.15) is 0 Å². The molecule has 0 atom stereocenters. The first-order valence-electron chi connectivity index (χ1n) is 13.2. The Balaban J connectivity index is 1.94. The number of carbonyl (C=O) groups is 2. The van der Waals surface area contributed by atoms with Crippen LogP contribution in [-0.2, 0) is 27.5 Å². The number of benzene rings is 2. The summed E-state index contributed by atoms with van der Waals surface area (Å²) in [5, 5.41) is 1.50. The molecule has 0 N–H and O–H groups in total. The molecule has 0 aliphatic carbocycles. The van der Waals surface area contributed by atoms with E-state index in [0.717, 1.165) is 47.9 Å². The molecular weight excluding hydrogens is 446 g/mol. The zero-order valence-electron chi connectivity index (χ0n) is 21.9. The Labute approximate surface area is 217 Å². The van der Waals surface area contributed by atoms with Crippen LogP contribution in [0.15, 0.2) is 48.5 Å². The van der Waals surface area contributed by atoms with Crippen LogP contribution in [0, 0.1) is 23.7 Å². The molecule has 2 aromatic rings. The van der Waals surface area contributed by atoms with E-state index in [-0.39, 0.29) is 6.29 Å². The van der Waals surface area contributed by atoms with Gasteiger partial charge in [-0.3, -0.25) is 4.79 Å². The molecule has 0 fully saturated rings. The minimum atomic E-state index is -0.911. The molecule has 2 rings (SSSR count). The normalized spacial score (nSPS) is 10.2. The van der Waals surface area contributed by atoms with Crippen molar-refractivity contribution in [3.63, 3.8) is 0 Å². The van der Waals surface area contributed by atoms with E-state index in [4.69, 9.17) is 4.84 Å². The van der Waals surface area contributed by atoms with Crippen LogP contribution in [0.1, 0.15) is 100 Å². The highest BCUT2D eigenvalue weighted by Crippen LogP contribution is 2.13. The maximum absolute atomic E-state index is 11.7. The zero-order valence-corrected chi connectivity index (χ0v) is 21.9. The van der Waals surface area contributed by atoms with Crippen LogP contribution in [0.5, 0.6) is 0 Å². The van der Waals surface area contributed by atoms with Gasteiger partial charge in [0.15, 0.2) is 0 Å². The molecule has 4 nitrogen and oxygen atoms in total. The van der Waals surface area contributed by atoms with Gasteiger partial charge in [0.2, 0.25) is 6.29 Å². The van der Waals surface area contributed by atoms with E-state index in [1.807, 2.05) is 48.5 Å². The second kappa shape index (κ2) is 18.0. The van der Waals surface area contributed by atoms with Gasteiger partial charge >= 0.3 is 5.97 Å². The van der Waals surface area contributed by atoms with Crippen LogP contribution in [0.4, 0.5) is 0 Å². The third kappa shape index (κ3) is 12.4. The summed E-state index contributed by atoms with van der Waals surface area (Å²) < 4.78 is 0. The highest BCUT2D eigenvalue weighted by molar-refractivity contribution is 6.20. The minimum absolute atomic E-state index is 0.186. The quantitative estimate of drug-likeness (QED) is 0.0951. The summed E-state index contributed by atoms with van der Waals surface area (Å²) in [7, 11) is 0. The van der Waals surface area contributed by atoms with Crippen molar-refractivity contribution in [3.8, 4) is 23.7 Å². The highest BCUT2D eigenvalue weighted by atomic mass is 16.7. The van der Waals surface area contributed by atoms with Crippen molar-refractivity contribution >= 4 is 12.3 Å². The fourth-order valence-corrected chi connectivity index (χ4v) is 3.67. The van der Waals surface area contributed by atoms with Gasteiger partial charge in [0.25, 0.3) is 0 Å². The van der Waals surface area contributed by atoms with Gasteiger partial charge in [-0.1, -0.05) is 100 Å². The number of unbranched alkanes of at least 4 members (excludes halogenated alkanes) is 8. The van der Waals surface area contributed by atoms with E-state index < -0.39 is 5.97 Å². The van der Waals surface area contributed by atoms with Crippen LogP contribution < -0.4 is 0 Å². The van der Waals surface area contributed by atoms with E-state index >= 15 is 0 Å². The molecule has 0 radical (unpaired) electrons. The molecule has 2 aromatic carbocycles. The number of rotatable bonds is 14. The first kappa shape index (κ1) is 28.9. The molecule has 0 bridgehead atoms. The molecule has 4 heteroatoms. The molecule has 0 spiro atoms. The van der Waals surface area contributed by atoms with E-state index in [2.05, 4.69) is 37.5 Å². The van der Waals surface area contributed by atoms with Crippen LogP contribution in [-0.4, -0.2) is 17.3 Å². The monoisotopic (exact) mass is 485 g/mol. The molecule has 0 aliphatic rings. The van der Waals surface area contributed by atoms with E-state index in [1.165, 1.54) is 43.6 Å². The molecule has 0 aromatic heterocycles. The predicted molar refractivity (Wildman–Crippen MR) is 146 cm³/mol. The lowest BCUT2D eigenvalue weighted by Crippen LogP contribution is -2.27. The Morgan fingerprint density at radius 3 is 1.56 bits per heavy atom. The summed E-state index contributed by atoms with van der Waals surface area (Å²) >= 11 is 0. The summed E-state index contributed by atoms with van der Waals surface area (Å²) in [5.74, 6) is 12.0. The standard InChI is InChI=1S/C32H39NO3/c1-3-5-7-9-11-13-15-28-17-21-30(22-18-28)25-33(36-32(35)27-34)26-31-23-19-29(20-24-31)16-14-12-10-8-6-4-2/h17-24,27H,3-12,25-26H2,1-2H3. The molecule has 0 aliphatic heterocycles. The molecule has 0 heterocycles. The molecule has 190 valence electrons. The van der Waals surface area contributed by atoms with Crippen molar-refractivity contribution in [1.82, 2.24) is 5.06 Å². The van der Waals surface area contributed by atoms with Gasteiger partial charge in [0, 0.05) is 24.0 Å². The van der Waals surface area contributed by atoms with E-state index in [0.29, 0.717) is 13.1 Å². The average molecular weight is 486 g/mol. The Kier molecular flexibility index (Phi) is 14.4. The Morgan fingerprint density at radius 1 is 0.722 bits per heavy atom. The molecule has 0 unspecified atom stereocenters. The third-order valence-electron chi connectivity index (χ3n) is 5.72. The fraction of sp³-hybridized carbons (Fsp3) is 0.438. The molecule has 0 amide bonds. The lowest BCUT2D eigenvalue weighted by Gasteiger charge is -2.20. The second-order valence-corrected chi connectivity index (χ2v) is 8.94. The van der Waals surface area contributed by atoms with Crippen molar-refractivity contribution in [3.05, 3.63) is 70.8 Å². The SMILES string of the molecule is CCCCCCC#Cc1ccc(CN(Cc2ccc(C#CCCCCCC)cc2)OC(=O)C=O)cc1. The number of hydroxylamine groups is 2. The smallest absolute Gasteiger partial charge is 0.361 e. The average Bonchev–Trinajstić information content (AvgIpc) is 2.90. The Hall–Kier alpha value is -3.34. The number of carbonyl (C=O) groups excluding carboxylic acids is 2. The largest absolute Gasteiger partial charge is 0.390 e. The van der Waals surface area contributed by atoms with Crippen LogP contribution in [0.2, 0.25) is 0 Å². The summed E-state index contributed by atoms with van der Waals surface area (Å²) in [6.07, 6.45) is 11.7. The van der Waals surface area contributed by atoms with Crippen molar-refractivity contribution in [2.75, 3.05) is 0 Å². The van der Waals surface area contributed by atoms with Gasteiger partial charge in [0.05, 0.1) is 13.1 Å². The first-order chi connectivity index (χ1) is 17.6. The Bertz CT molecular complexity index is 958. The zero-order chi connectivity index (χ0) is 25.8. The van der Waals surface area contributed by atoms with Crippen molar-refractivity contribution in [2.24, 2.45) is 0 Å². The van der Waals surface area contributed by atoms with E-state index in [1.54, 1.807) is 0 Å². The minimum Gasteiger partial charge on any atom is -0.361 e. The molecular formula is C32H39NO3. The van der Waals surface area contributed by atoms with Gasteiger partial charge in [-0.25, -0.2) is 4.79 Å². The Morgan fingerprint density at radius 2 is 1.17 bits per heavy atom. The second-order valence-electron chi connectivity index (χ2n) is 8.94. The van der Waals surface area contributed by atoms with E-state index in [9.17, 15) is 9.59 Å². The van der Waals surface area contributed by atoms with Crippen LogP contribution >= 0.6 is 0 Å². The van der Waals surface area contributed by atoms with Gasteiger partial charge in [0.1, 0.15) is 0 Å². The first-order valence-corrected chi connectivity index (χ1v) is 13.2. The number of hydrogen-bond donors (Lipinski definition) is 0. The highest BCUT2D eigenvalue weighted by Gasteiger charge is 2.13. The number of nitrogens with zero attached hydrogens (tertiary/aromatic N) is 1. The van der Waals surface area contributed by atoms with Crippen molar-refractivity contribution in [2.45, 2.75) is 91.1 Å². The predicted octanol–water partition coefficient (Wildman–Crippen LogP) is 6.99. The molecule has 36 heavy (non-hydrogen) atoms. The topological polar surface area (TPSA) is 46.6 Å². The van der Waals surface area contributed by atoms with Crippen molar-refractivity contribution < 1.29 is 14.4 Å². The maximum atomic E-state index is 11.7. The summed E-state index contributed by atoms with van der Waals surface area (Å²) in [4.78, 5) is 27.8. The summed E-state index contributed by atoms with van der Waals surface area (Å²) in [6.45, 7) is 5.14. The van der Waals surface area contributed by atoms with Crippen LogP contribution in [0.25, 0.3) is 0 Å². The summed E-state index contributed by atoms with van der Waals surface area (Å²) in [6, 6.07) is 15.8. The van der Waals surface area contributed by atoms with Gasteiger partial charge < -0.3 is 4.84 Å². The summed E-state index contributed by atoms with van der Waals surface area (Å²) in [5.41, 5.74) is 3.86. The fourth-order valence-electron chi connectivity index (χ4n) is 3.67. The van der Waals surface area contributed by atoms with Gasteiger partial charge in [-0.05, 0) is 48.2 Å². The number of aldehydes is 1. The van der Waals surface area contributed by atoms with Crippen molar-refractivity contribution in [1.29, 1.82) is 0 Å². The van der Waals surface area contributed by atoms with Crippen LogP contribution in [0.3, 0.4) is 0 Å². The lowest BCUT2D eigenvalue weighted by atomic mass is 10.1. The molecule has 0 saturated carbocycles. The van der Waals surface area contributed by atoms with Gasteiger partial charge in [-0.15, -0.1) is 5.06 Å². The third-order valence-corrected chi connectivity index (χ3v) is 5.72.